The summed E-state index contributed by atoms with van der Waals surface area (Å²) < 4.78 is 39.6. The molecule has 0 aromatic carbocycles. The minimum Gasteiger partial charge on any atom is -0.341 e. The highest BCUT2D eigenvalue weighted by molar-refractivity contribution is 5.85. The van der Waals surface area contributed by atoms with E-state index in [1.807, 2.05) is 0 Å². The van der Waals surface area contributed by atoms with Crippen molar-refractivity contribution in [3.63, 3.8) is 0 Å². The number of carbonyl (C=O) groups is 1. The molecule has 1 aliphatic rings. The number of fused-ring (bicyclic) bond motifs is 1. The topological polar surface area (TPSA) is 75.4 Å². The minimum atomic E-state index is -4.62. The fraction of sp³-hybridized carbons (Fsp3) is 0.625. The number of halogens is 4. The van der Waals surface area contributed by atoms with Crippen LogP contribution in [0.4, 0.5) is 13.2 Å². The third-order valence-corrected chi connectivity index (χ3v) is 4.87. The number of hydrogen-bond donors (Lipinski definition) is 1. The number of likely N-dealkylation sites (N-methyl/N-ethyl adjacent to an activating group) is 1. The van der Waals surface area contributed by atoms with Gasteiger partial charge in [-0.3, -0.25) is 4.79 Å². The number of amides is 1. The van der Waals surface area contributed by atoms with E-state index in [-0.39, 0.29) is 36.6 Å². The molecule has 7 nitrogen and oxygen atoms in total. The highest BCUT2D eigenvalue weighted by atomic mass is 35.5. The van der Waals surface area contributed by atoms with Crippen molar-refractivity contribution in [3.8, 4) is 0 Å². The van der Waals surface area contributed by atoms with Gasteiger partial charge in [-0.05, 0) is 38.8 Å². The van der Waals surface area contributed by atoms with Gasteiger partial charge in [-0.25, -0.2) is 9.50 Å². The Hall–Kier alpha value is -1.94. The summed E-state index contributed by atoms with van der Waals surface area (Å²) in [6, 6.07) is 0.190. The van der Waals surface area contributed by atoms with Crippen LogP contribution in [-0.2, 0) is 17.4 Å². The summed E-state index contributed by atoms with van der Waals surface area (Å²) in [6.45, 7) is 5.06. The normalized spacial score (nSPS) is 17.2. The van der Waals surface area contributed by atoms with Crippen LogP contribution >= 0.6 is 12.4 Å². The van der Waals surface area contributed by atoms with Gasteiger partial charge >= 0.3 is 6.18 Å². The second-order valence-corrected chi connectivity index (χ2v) is 6.56. The summed E-state index contributed by atoms with van der Waals surface area (Å²) in [7, 11) is 1.79. The first-order valence-corrected chi connectivity index (χ1v) is 8.45. The molecule has 11 heteroatoms. The molecule has 2 aromatic heterocycles. The molecule has 3 heterocycles. The second-order valence-electron chi connectivity index (χ2n) is 6.56. The maximum atomic E-state index is 12.8. The van der Waals surface area contributed by atoms with Crippen molar-refractivity contribution < 1.29 is 18.0 Å². The lowest BCUT2D eigenvalue weighted by atomic mass is 10.1. The average molecular weight is 407 g/mol. The zero-order valence-electron chi connectivity index (χ0n) is 15.3. The third-order valence-electron chi connectivity index (χ3n) is 4.87. The molecule has 2 aromatic rings. The summed E-state index contributed by atoms with van der Waals surface area (Å²) in [6.07, 6.45) is -3.04. The SMILES string of the molecule is Cc1nc2nc(C(F)(F)F)nn2c(C)c1CCC(=O)N(C)C1CCNC1.Cl. The number of nitrogens with one attached hydrogen (secondary N) is 1. The monoisotopic (exact) mass is 406 g/mol. The average Bonchev–Trinajstić information content (AvgIpc) is 3.22. The molecule has 1 aliphatic heterocycles. The Kier molecular flexibility index (Phi) is 6.31. The predicted molar refractivity (Wildman–Crippen MR) is 94.9 cm³/mol. The van der Waals surface area contributed by atoms with Crippen molar-refractivity contribution >= 4 is 24.1 Å². The Morgan fingerprint density at radius 3 is 2.63 bits per heavy atom. The Morgan fingerprint density at radius 2 is 2.04 bits per heavy atom. The molecule has 1 unspecified atom stereocenters. The number of aromatic nitrogens is 4. The molecule has 0 radical (unpaired) electrons. The largest absolute Gasteiger partial charge is 0.453 e. The summed E-state index contributed by atoms with van der Waals surface area (Å²) in [5.41, 5.74) is 1.81. The van der Waals surface area contributed by atoms with Crippen molar-refractivity contribution in [3.05, 3.63) is 22.8 Å². The molecule has 0 bridgehead atoms. The van der Waals surface area contributed by atoms with Crippen LogP contribution in [-0.4, -0.2) is 56.6 Å². The summed E-state index contributed by atoms with van der Waals surface area (Å²) in [5.74, 6) is -1.29. The van der Waals surface area contributed by atoms with E-state index in [0.717, 1.165) is 29.6 Å². The van der Waals surface area contributed by atoms with E-state index in [1.165, 1.54) is 0 Å². The van der Waals surface area contributed by atoms with Gasteiger partial charge in [-0.15, -0.1) is 17.5 Å². The number of nitrogens with zero attached hydrogens (tertiary/aromatic N) is 5. The fourth-order valence-corrected chi connectivity index (χ4v) is 3.27. The number of alkyl halides is 3. The van der Waals surface area contributed by atoms with Gasteiger partial charge in [0.05, 0.1) is 0 Å². The Bertz CT molecular complexity index is 832. The first-order chi connectivity index (χ1) is 12.2. The first kappa shape index (κ1) is 21.4. The number of hydrogen-bond acceptors (Lipinski definition) is 5. The van der Waals surface area contributed by atoms with Crippen LogP contribution in [0.5, 0.6) is 0 Å². The molecule has 1 atom stereocenters. The lowest BCUT2D eigenvalue weighted by Gasteiger charge is -2.24. The molecular formula is C16H22ClF3N6O. The number of aryl methyl sites for hydroxylation is 2. The van der Waals surface area contributed by atoms with Crippen LogP contribution < -0.4 is 5.32 Å². The molecule has 150 valence electrons. The van der Waals surface area contributed by atoms with E-state index in [0.29, 0.717) is 17.8 Å². The van der Waals surface area contributed by atoms with E-state index in [4.69, 9.17) is 0 Å². The van der Waals surface area contributed by atoms with Crippen LogP contribution in [0, 0.1) is 13.8 Å². The summed E-state index contributed by atoms with van der Waals surface area (Å²) in [5, 5.41) is 6.75. The molecule has 3 rings (SSSR count). The molecule has 0 spiro atoms. The van der Waals surface area contributed by atoms with Gasteiger partial charge in [0.25, 0.3) is 11.6 Å². The quantitative estimate of drug-likeness (QED) is 0.839. The third kappa shape index (κ3) is 4.32. The standard InChI is InChI=1S/C16H21F3N6O.ClH/c1-9-12(4-5-13(26)24(3)11-6-7-20-8-11)10(2)25-15(21-9)22-14(23-25)16(17,18)19;/h11,20H,4-8H2,1-3H3;1H. The molecule has 0 saturated carbocycles. The van der Waals surface area contributed by atoms with Gasteiger partial charge in [0.1, 0.15) is 0 Å². The fourth-order valence-electron chi connectivity index (χ4n) is 3.27. The van der Waals surface area contributed by atoms with Crippen LogP contribution in [0.25, 0.3) is 5.78 Å². The molecule has 1 fully saturated rings. The van der Waals surface area contributed by atoms with Gasteiger partial charge < -0.3 is 10.2 Å². The maximum Gasteiger partial charge on any atom is 0.453 e. The Labute approximate surface area is 160 Å². The van der Waals surface area contributed by atoms with Gasteiger partial charge in [0.15, 0.2) is 0 Å². The van der Waals surface area contributed by atoms with E-state index in [1.54, 1.807) is 25.8 Å². The second kappa shape index (κ2) is 7.97. The smallest absolute Gasteiger partial charge is 0.341 e. The van der Waals surface area contributed by atoms with Crippen LogP contribution in [0.1, 0.15) is 35.6 Å². The molecule has 1 amide bonds. The van der Waals surface area contributed by atoms with Crippen molar-refractivity contribution in [1.82, 2.24) is 29.8 Å². The van der Waals surface area contributed by atoms with Crippen molar-refractivity contribution in [2.45, 2.75) is 45.3 Å². The zero-order chi connectivity index (χ0) is 19.1. The molecule has 0 aliphatic carbocycles. The van der Waals surface area contributed by atoms with Crippen LogP contribution in [0.15, 0.2) is 0 Å². The Morgan fingerprint density at radius 1 is 1.33 bits per heavy atom. The molecule has 1 saturated heterocycles. The first-order valence-electron chi connectivity index (χ1n) is 8.45. The van der Waals surface area contributed by atoms with Gasteiger partial charge in [-0.2, -0.15) is 18.2 Å². The minimum absolute atomic E-state index is 0. The summed E-state index contributed by atoms with van der Waals surface area (Å²) in [4.78, 5) is 21.7. The van der Waals surface area contributed by atoms with Crippen LogP contribution in [0.2, 0.25) is 0 Å². The molecule has 27 heavy (non-hydrogen) atoms. The van der Waals surface area contributed by atoms with Gasteiger partial charge in [-0.1, -0.05) is 0 Å². The van der Waals surface area contributed by atoms with Crippen LogP contribution in [0.3, 0.4) is 0 Å². The van der Waals surface area contributed by atoms with Gasteiger partial charge in [0.2, 0.25) is 5.91 Å². The Balaban J connectivity index is 0.00000261. The van der Waals surface area contributed by atoms with E-state index >= 15 is 0 Å². The van der Waals surface area contributed by atoms with Crippen molar-refractivity contribution in [2.24, 2.45) is 0 Å². The lowest BCUT2D eigenvalue weighted by Crippen LogP contribution is -2.38. The lowest BCUT2D eigenvalue weighted by molar-refractivity contribution is -0.144. The highest BCUT2D eigenvalue weighted by Gasteiger charge is 2.37. The number of carbonyl (C=O) groups excluding carboxylic acids is 1. The number of rotatable bonds is 4. The van der Waals surface area contributed by atoms with Crippen molar-refractivity contribution in [2.75, 3.05) is 20.1 Å². The predicted octanol–water partition coefficient (Wildman–Crippen LogP) is 1.93. The van der Waals surface area contributed by atoms with Crippen molar-refractivity contribution in [1.29, 1.82) is 0 Å². The molecule has 1 N–H and O–H groups in total. The maximum absolute atomic E-state index is 12.8. The summed E-state index contributed by atoms with van der Waals surface area (Å²) >= 11 is 0. The van der Waals surface area contributed by atoms with Gasteiger partial charge in [0, 0.05) is 37.4 Å². The molecular weight excluding hydrogens is 385 g/mol. The highest BCUT2D eigenvalue weighted by Crippen LogP contribution is 2.27. The van der Waals surface area contributed by atoms with E-state index < -0.39 is 12.0 Å². The van der Waals surface area contributed by atoms with E-state index in [9.17, 15) is 18.0 Å². The zero-order valence-corrected chi connectivity index (χ0v) is 16.1. The van der Waals surface area contributed by atoms with E-state index in [2.05, 4.69) is 20.4 Å².